The van der Waals surface area contributed by atoms with Gasteiger partial charge in [0, 0.05) is 25.3 Å². The van der Waals surface area contributed by atoms with Crippen LogP contribution >= 0.6 is 24.0 Å². The Morgan fingerprint density at radius 3 is 3.10 bits per heavy atom. The van der Waals surface area contributed by atoms with Crippen LogP contribution in [0.2, 0.25) is 5.02 Å². The van der Waals surface area contributed by atoms with Crippen LogP contribution in [-0.4, -0.2) is 40.5 Å². The van der Waals surface area contributed by atoms with Crippen molar-refractivity contribution in [2.45, 2.75) is 25.4 Å². The molecule has 1 unspecified atom stereocenters. The number of imidazole rings is 1. The fourth-order valence-corrected chi connectivity index (χ4v) is 2.95. The highest BCUT2D eigenvalue weighted by atomic mass is 35.5. The predicted molar refractivity (Wildman–Crippen MR) is 84.8 cm³/mol. The predicted octanol–water partition coefficient (Wildman–Crippen LogP) is 2.59. The van der Waals surface area contributed by atoms with E-state index >= 15 is 0 Å². The lowest BCUT2D eigenvalue weighted by Gasteiger charge is -2.32. The lowest BCUT2D eigenvalue weighted by molar-refractivity contribution is 0.186. The van der Waals surface area contributed by atoms with Crippen molar-refractivity contribution in [2.24, 2.45) is 0 Å². The second-order valence-electron chi connectivity index (χ2n) is 5.19. The van der Waals surface area contributed by atoms with Crippen molar-refractivity contribution in [3.8, 4) is 0 Å². The Morgan fingerprint density at radius 1 is 1.45 bits per heavy atom. The quantitative estimate of drug-likeness (QED) is 0.945. The highest BCUT2D eigenvalue weighted by molar-refractivity contribution is 6.30. The molecular weight excluding hydrogens is 295 g/mol. The number of likely N-dealkylation sites (tertiary alicyclic amines) is 1. The van der Waals surface area contributed by atoms with E-state index in [1.165, 1.54) is 18.5 Å². The summed E-state index contributed by atoms with van der Waals surface area (Å²) >= 11 is 6.06. The van der Waals surface area contributed by atoms with E-state index in [1.54, 1.807) is 0 Å². The Balaban J connectivity index is 0.00000147. The van der Waals surface area contributed by atoms with E-state index in [1.807, 2.05) is 31.6 Å². The van der Waals surface area contributed by atoms with Gasteiger partial charge in [-0.25, -0.2) is 4.98 Å². The zero-order chi connectivity index (χ0) is 13.2. The van der Waals surface area contributed by atoms with E-state index in [0.29, 0.717) is 6.04 Å². The number of rotatable bonds is 3. The lowest BCUT2D eigenvalue weighted by atomic mass is 10.1. The summed E-state index contributed by atoms with van der Waals surface area (Å²) in [6.07, 6.45) is 6.42. The van der Waals surface area contributed by atoms with Crippen LogP contribution in [0.4, 0.5) is 0 Å². The van der Waals surface area contributed by atoms with E-state index in [9.17, 15) is 0 Å². The van der Waals surface area contributed by atoms with Crippen LogP contribution in [0, 0.1) is 0 Å². The number of halogens is 2. The molecule has 1 aliphatic heterocycles. The molecule has 1 N–H and O–H groups in total. The SMILES string of the molecule is CNC1CCCN(Cc2cnc3ccc(Cl)cn23)C1.Cl. The van der Waals surface area contributed by atoms with Crippen LogP contribution in [0.3, 0.4) is 0 Å². The largest absolute Gasteiger partial charge is 0.316 e. The molecule has 6 heteroatoms. The van der Waals surface area contributed by atoms with Crippen molar-refractivity contribution < 1.29 is 0 Å². The van der Waals surface area contributed by atoms with Crippen molar-refractivity contribution >= 4 is 29.7 Å². The molecule has 1 saturated heterocycles. The number of piperidine rings is 1. The summed E-state index contributed by atoms with van der Waals surface area (Å²) in [6, 6.07) is 4.45. The van der Waals surface area contributed by atoms with Crippen LogP contribution in [0.25, 0.3) is 5.65 Å². The van der Waals surface area contributed by atoms with Crippen LogP contribution in [0.15, 0.2) is 24.5 Å². The first kappa shape index (κ1) is 15.6. The molecule has 1 fully saturated rings. The van der Waals surface area contributed by atoms with Crippen LogP contribution in [0.1, 0.15) is 18.5 Å². The van der Waals surface area contributed by atoms with Gasteiger partial charge in [-0.3, -0.25) is 4.90 Å². The summed E-state index contributed by atoms with van der Waals surface area (Å²) in [5, 5.41) is 4.12. The van der Waals surface area contributed by atoms with Gasteiger partial charge in [-0.1, -0.05) is 11.6 Å². The van der Waals surface area contributed by atoms with Gasteiger partial charge in [-0.05, 0) is 38.6 Å². The zero-order valence-corrected chi connectivity index (χ0v) is 13.1. The molecule has 0 radical (unpaired) electrons. The molecule has 1 aliphatic rings. The van der Waals surface area contributed by atoms with E-state index in [-0.39, 0.29) is 12.4 Å². The number of likely N-dealkylation sites (N-methyl/N-ethyl adjacent to an activating group) is 1. The highest BCUT2D eigenvalue weighted by Crippen LogP contribution is 2.17. The number of pyridine rings is 1. The smallest absolute Gasteiger partial charge is 0.137 e. The Morgan fingerprint density at radius 2 is 2.30 bits per heavy atom. The average molecular weight is 315 g/mol. The summed E-state index contributed by atoms with van der Waals surface area (Å²) in [5.74, 6) is 0. The maximum atomic E-state index is 6.06. The van der Waals surface area contributed by atoms with Crippen LogP contribution in [0.5, 0.6) is 0 Å². The first-order chi connectivity index (χ1) is 9.26. The number of fused-ring (bicyclic) bond motifs is 1. The van der Waals surface area contributed by atoms with Crippen molar-refractivity contribution in [1.82, 2.24) is 19.6 Å². The Kier molecular flexibility index (Phi) is 5.27. The molecule has 1 atom stereocenters. The minimum atomic E-state index is 0. The summed E-state index contributed by atoms with van der Waals surface area (Å²) in [7, 11) is 2.04. The van der Waals surface area contributed by atoms with Crippen molar-refractivity contribution in [3.05, 3.63) is 35.2 Å². The van der Waals surface area contributed by atoms with Crippen LogP contribution in [-0.2, 0) is 6.54 Å². The van der Waals surface area contributed by atoms with Gasteiger partial charge in [0.05, 0.1) is 16.9 Å². The maximum absolute atomic E-state index is 6.06. The fraction of sp³-hybridized carbons (Fsp3) is 0.500. The molecule has 2 aromatic rings. The third-order valence-corrected chi connectivity index (χ3v) is 4.07. The first-order valence-electron chi connectivity index (χ1n) is 6.77. The maximum Gasteiger partial charge on any atom is 0.137 e. The van der Waals surface area contributed by atoms with Gasteiger partial charge in [0.15, 0.2) is 0 Å². The normalized spacial score (nSPS) is 20.0. The Labute approximate surface area is 130 Å². The standard InChI is InChI=1S/C14H19ClN4.ClH/c1-16-12-3-2-6-18(9-12)10-13-7-17-14-5-4-11(15)8-19(13)14;/h4-5,7-8,12,16H,2-3,6,9-10H2,1H3;1H. The van der Waals surface area contributed by atoms with Crippen LogP contribution < -0.4 is 5.32 Å². The number of nitrogens with zero attached hydrogens (tertiary/aromatic N) is 3. The summed E-state index contributed by atoms with van der Waals surface area (Å²) in [6.45, 7) is 3.19. The van der Waals surface area contributed by atoms with Crippen molar-refractivity contribution in [1.29, 1.82) is 0 Å². The van der Waals surface area contributed by atoms with Gasteiger partial charge in [0.1, 0.15) is 5.65 Å². The molecule has 0 aromatic carbocycles. The second kappa shape index (κ2) is 6.76. The van der Waals surface area contributed by atoms with Gasteiger partial charge in [-0.15, -0.1) is 12.4 Å². The molecule has 0 amide bonds. The zero-order valence-electron chi connectivity index (χ0n) is 11.6. The molecular formula is C14H20Cl2N4. The average Bonchev–Trinajstić information content (AvgIpc) is 2.81. The monoisotopic (exact) mass is 314 g/mol. The third kappa shape index (κ3) is 3.26. The van der Waals surface area contributed by atoms with Gasteiger partial charge >= 0.3 is 0 Å². The minimum Gasteiger partial charge on any atom is -0.316 e. The molecule has 110 valence electrons. The summed E-state index contributed by atoms with van der Waals surface area (Å²) < 4.78 is 2.09. The summed E-state index contributed by atoms with van der Waals surface area (Å²) in [5.41, 5.74) is 2.16. The highest BCUT2D eigenvalue weighted by Gasteiger charge is 2.19. The van der Waals surface area contributed by atoms with Gasteiger partial charge in [0.2, 0.25) is 0 Å². The van der Waals surface area contributed by atoms with Gasteiger partial charge < -0.3 is 9.72 Å². The molecule has 0 saturated carbocycles. The minimum absolute atomic E-state index is 0. The lowest BCUT2D eigenvalue weighted by Crippen LogP contribution is -2.44. The molecule has 2 aromatic heterocycles. The first-order valence-corrected chi connectivity index (χ1v) is 7.15. The molecule has 0 bridgehead atoms. The molecule has 4 nitrogen and oxygen atoms in total. The van der Waals surface area contributed by atoms with E-state index in [0.717, 1.165) is 30.3 Å². The Bertz CT molecular complexity index is 569. The van der Waals surface area contributed by atoms with Crippen molar-refractivity contribution in [2.75, 3.05) is 20.1 Å². The number of nitrogens with one attached hydrogen (secondary N) is 1. The number of hydrogen-bond donors (Lipinski definition) is 1. The molecule has 3 heterocycles. The summed E-state index contributed by atoms with van der Waals surface area (Å²) in [4.78, 5) is 6.91. The Hall–Kier alpha value is -0.810. The molecule has 3 rings (SSSR count). The van der Waals surface area contributed by atoms with E-state index in [4.69, 9.17) is 11.6 Å². The number of aromatic nitrogens is 2. The molecule has 20 heavy (non-hydrogen) atoms. The molecule has 0 aliphatic carbocycles. The topological polar surface area (TPSA) is 32.6 Å². The fourth-order valence-electron chi connectivity index (χ4n) is 2.79. The number of hydrogen-bond acceptors (Lipinski definition) is 3. The van der Waals surface area contributed by atoms with Gasteiger partial charge in [0.25, 0.3) is 0 Å². The molecule has 0 spiro atoms. The van der Waals surface area contributed by atoms with Gasteiger partial charge in [-0.2, -0.15) is 0 Å². The van der Waals surface area contributed by atoms with E-state index in [2.05, 4.69) is 19.6 Å². The van der Waals surface area contributed by atoms with Crippen molar-refractivity contribution in [3.63, 3.8) is 0 Å². The second-order valence-corrected chi connectivity index (χ2v) is 5.62. The third-order valence-electron chi connectivity index (χ3n) is 3.85. The van der Waals surface area contributed by atoms with E-state index < -0.39 is 0 Å².